The Bertz CT molecular complexity index is 342. The van der Waals surface area contributed by atoms with Crippen LogP contribution in [0.1, 0.15) is 39.5 Å². The van der Waals surface area contributed by atoms with Gasteiger partial charge in [-0.05, 0) is 46.6 Å². The third kappa shape index (κ3) is 4.66. The number of hydrogen-bond acceptors (Lipinski definition) is 4. The number of amides is 1. The second-order valence-corrected chi connectivity index (χ2v) is 7.43. The molecular weight excluding hydrogens is 264 g/mol. The van der Waals surface area contributed by atoms with Crippen LogP contribution in [-0.2, 0) is 4.79 Å². The van der Waals surface area contributed by atoms with Gasteiger partial charge in [0.15, 0.2) is 0 Å². The second kappa shape index (κ2) is 7.07. The summed E-state index contributed by atoms with van der Waals surface area (Å²) in [6.07, 6.45) is 3.86. The molecule has 2 rings (SSSR count). The molecule has 1 heterocycles. The highest BCUT2D eigenvalue weighted by molar-refractivity contribution is 5.78. The van der Waals surface area contributed by atoms with Crippen LogP contribution in [0.3, 0.4) is 0 Å². The molecule has 0 atom stereocenters. The first-order valence-electron chi connectivity index (χ1n) is 8.35. The van der Waals surface area contributed by atoms with Gasteiger partial charge in [0.1, 0.15) is 0 Å². The zero-order valence-corrected chi connectivity index (χ0v) is 13.9. The average Bonchev–Trinajstić information content (AvgIpc) is 2.46. The van der Waals surface area contributed by atoms with Crippen LogP contribution < -0.4 is 11.1 Å². The predicted molar refractivity (Wildman–Crippen MR) is 86.1 cm³/mol. The molecule has 122 valence electrons. The number of likely N-dealkylation sites (N-methyl/N-ethyl adjacent to an activating group) is 1. The molecule has 0 aromatic rings. The van der Waals surface area contributed by atoms with Gasteiger partial charge in [-0.2, -0.15) is 0 Å². The third-order valence-corrected chi connectivity index (χ3v) is 5.20. The van der Waals surface area contributed by atoms with Crippen molar-refractivity contribution in [3.63, 3.8) is 0 Å². The van der Waals surface area contributed by atoms with Gasteiger partial charge in [0.2, 0.25) is 5.91 Å². The Morgan fingerprint density at radius 3 is 2.29 bits per heavy atom. The maximum atomic E-state index is 12.3. The van der Waals surface area contributed by atoms with Gasteiger partial charge in [-0.1, -0.05) is 0 Å². The lowest BCUT2D eigenvalue weighted by atomic mass is 9.86. The molecule has 1 saturated carbocycles. The molecule has 1 aliphatic heterocycles. The smallest absolute Gasteiger partial charge is 0.223 e. The van der Waals surface area contributed by atoms with Crippen LogP contribution in [0.5, 0.6) is 0 Å². The van der Waals surface area contributed by atoms with Crippen molar-refractivity contribution in [2.24, 2.45) is 11.7 Å². The average molecular weight is 296 g/mol. The lowest BCUT2D eigenvalue weighted by Gasteiger charge is -2.43. The van der Waals surface area contributed by atoms with Crippen molar-refractivity contribution in [1.82, 2.24) is 15.1 Å². The normalized spacial score (nSPS) is 29.3. The standard InChI is InChI=1S/C16H32N4O/c1-16(2,20-10-8-19(3)9-11-20)12-18-15(21)13-4-6-14(17)7-5-13/h13-14H,4-12,17H2,1-3H3,(H,18,21). The first kappa shape index (κ1) is 16.7. The van der Waals surface area contributed by atoms with E-state index in [1.54, 1.807) is 0 Å². The van der Waals surface area contributed by atoms with Crippen LogP contribution in [0.4, 0.5) is 0 Å². The van der Waals surface area contributed by atoms with Crippen molar-refractivity contribution < 1.29 is 4.79 Å². The van der Waals surface area contributed by atoms with E-state index in [2.05, 4.69) is 36.0 Å². The van der Waals surface area contributed by atoms with Crippen LogP contribution in [0.15, 0.2) is 0 Å². The Labute approximate surface area is 129 Å². The van der Waals surface area contributed by atoms with Crippen molar-refractivity contribution in [3.8, 4) is 0 Å². The molecule has 0 unspecified atom stereocenters. The van der Waals surface area contributed by atoms with Crippen LogP contribution in [0.2, 0.25) is 0 Å². The molecule has 0 spiro atoms. The summed E-state index contributed by atoms with van der Waals surface area (Å²) in [6.45, 7) is 9.58. The summed E-state index contributed by atoms with van der Waals surface area (Å²) in [4.78, 5) is 17.2. The minimum atomic E-state index is 0.0298. The first-order chi connectivity index (χ1) is 9.88. The summed E-state index contributed by atoms with van der Waals surface area (Å²) in [6, 6.07) is 0.302. The van der Waals surface area contributed by atoms with E-state index in [0.717, 1.165) is 58.4 Å². The lowest BCUT2D eigenvalue weighted by Crippen LogP contribution is -2.58. The van der Waals surface area contributed by atoms with Gasteiger partial charge in [0.05, 0.1) is 0 Å². The zero-order valence-electron chi connectivity index (χ0n) is 13.9. The molecule has 5 heteroatoms. The van der Waals surface area contributed by atoms with Gasteiger partial charge >= 0.3 is 0 Å². The van der Waals surface area contributed by atoms with Gasteiger partial charge in [0.25, 0.3) is 0 Å². The molecule has 2 fully saturated rings. The minimum absolute atomic E-state index is 0.0298. The number of carbonyl (C=O) groups excluding carboxylic acids is 1. The van der Waals surface area contributed by atoms with Crippen LogP contribution in [0, 0.1) is 5.92 Å². The number of nitrogens with two attached hydrogens (primary N) is 1. The highest BCUT2D eigenvalue weighted by Gasteiger charge is 2.31. The number of piperazine rings is 1. The lowest BCUT2D eigenvalue weighted by molar-refractivity contribution is -0.126. The molecule has 2 aliphatic rings. The van der Waals surface area contributed by atoms with E-state index < -0.39 is 0 Å². The molecule has 1 saturated heterocycles. The molecule has 0 bridgehead atoms. The van der Waals surface area contributed by atoms with Crippen molar-refractivity contribution in [2.45, 2.75) is 51.1 Å². The van der Waals surface area contributed by atoms with Gasteiger partial charge in [-0.15, -0.1) is 0 Å². The van der Waals surface area contributed by atoms with Crippen molar-refractivity contribution in [2.75, 3.05) is 39.8 Å². The number of rotatable bonds is 4. The molecule has 5 nitrogen and oxygen atoms in total. The minimum Gasteiger partial charge on any atom is -0.354 e. The molecule has 0 aromatic carbocycles. The molecular formula is C16H32N4O. The molecule has 1 amide bonds. The SMILES string of the molecule is CN1CCN(C(C)(C)CNC(=O)C2CCC(N)CC2)CC1. The quantitative estimate of drug-likeness (QED) is 0.799. The van der Waals surface area contributed by atoms with E-state index in [4.69, 9.17) is 5.73 Å². The summed E-state index contributed by atoms with van der Waals surface area (Å²) in [7, 11) is 2.17. The van der Waals surface area contributed by atoms with Gasteiger partial charge in [-0.3, -0.25) is 9.69 Å². The highest BCUT2D eigenvalue weighted by Crippen LogP contribution is 2.23. The van der Waals surface area contributed by atoms with E-state index in [-0.39, 0.29) is 17.4 Å². The summed E-state index contributed by atoms with van der Waals surface area (Å²) >= 11 is 0. The molecule has 0 aromatic heterocycles. The van der Waals surface area contributed by atoms with E-state index >= 15 is 0 Å². The molecule has 3 N–H and O–H groups in total. The number of nitrogens with zero attached hydrogens (tertiary/aromatic N) is 2. The van der Waals surface area contributed by atoms with E-state index in [0.29, 0.717) is 6.04 Å². The van der Waals surface area contributed by atoms with Crippen LogP contribution >= 0.6 is 0 Å². The molecule has 0 radical (unpaired) electrons. The number of nitrogens with one attached hydrogen (secondary N) is 1. The Kier molecular flexibility index (Phi) is 5.63. The highest BCUT2D eigenvalue weighted by atomic mass is 16.1. The fourth-order valence-corrected chi connectivity index (χ4v) is 3.35. The number of carbonyl (C=O) groups is 1. The summed E-state index contributed by atoms with van der Waals surface area (Å²) in [5.74, 6) is 0.400. The van der Waals surface area contributed by atoms with E-state index in [1.165, 1.54) is 0 Å². The fourth-order valence-electron chi connectivity index (χ4n) is 3.35. The summed E-state index contributed by atoms with van der Waals surface area (Å²) in [5.41, 5.74) is 5.94. The fraction of sp³-hybridized carbons (Fsp3) is 0.938. The van der Waals surface area contributed by atoms with Crippen molar-refractivity contribution in [3.05, 3.63) is 0 Å². The monoisotopic (exact) mass is 296 g/mol. The Morgan fingerprint density at radius 1 is 1.14 bits per heavy atom. The topological polar surface area (TPSA) is 61.6 Å². The molecule has 1 aliphatic carbocycles. The summed E-state index contributed by atoms with van der Waals surface area (Å²) in [5, 5.41) is 3.18. The second-order valence-electron chi connectivity index (χ2n) is 7.43. The Morgan fingerprint density at radius 2 is 1.71 bits per heavy atom. The Balaban J connectivity index is 1.77. The van der Waals surface area contributed by atoms with Crippen LogP contribution in [0.25, 0.3) is 0 Å². The number of hydrogen-bond donors (Lipinski definition) is 2. The van der Waals surface area contributed by atoms with E-state index in [9.17, 15) is 4.79 Å². The first-order valence-corrected chi connectivity index (χ1v) is 8.35. The predicted octanol–water partition coefficient (Wildman–Crippen LogP) is 0.646. The van der Waals surface area contributed by atoms with Gasteiger partial charge < -0.3 is 16.0 Å². The largest absolute Gasteiger partial charge is 0.354 e. The van der Waals surface area contributed by atoms with Gasteiger partial charge in [0, 0.05) is 50.2 Å². The Hall–Kier alpha value is -0.650. The van der Waals surface area contributed by atoms with Crippen molar-refractivity contribution >= 4 is 5.91 Å². The zero-order chi connectivity index (χ0) is 15.5. The third-order valence-electron chi connectivity index (χ3n) is 5.20. The maximum Gasteiger partial charge on any atom is 0.223 e. The van der Waals surface area contributed by atoms with Crippen molar-refractivity contribution in [1.29, 1.82) is 0 Å². The maximum absolute atomic E-state index is 12.3. The van der Waals surface area contributed by atoms with Crippen LogP contribution in [-0.4, -0.2) is 67.1 Å². The summed E-state index contributed by atoms with van der Waals surface area (Å²) < 4.78 is 0. The van der Waals surface area contributed by atoms with E-state index in [1.807, 2.05) is 0 Å². The van der Waals surface area contributed by atoms with Gasteiger partial charge in [-0.25, -0.2) is 0 Å². The molecule has 21 heavy (non-hydrogen) atoms.